The molecule has 3 rings (SSSR count). The van der Waals surface area contributed by atoms with Gasteiger partial charge in [0, 0.05) is 11.6 Å². The van der Waals surface area contributed by atoms with Crippen LogP contribution in [0.3, 0.4) is 0 Å². The molecule has 0 spiro atoms. The maximum atomic E-state index is 12.4. The summed E-state index contributed by atoms with van der Waals surface area (Å²) in [6.45, 7) is 0.706. The summed E-state index contributed by atoms with van der Waals surface area (Å²) < 4.78 is 15.9. The van der Waals surface area contributed by atoms with Crippen LogP contribution in [-0.4, -0.2) is 26.9 Å². The lowest BCUT2D eigenvalue weighted by atomic mass is 10.1. The maximum Gasteiger partial charge on any atom is 0.328 e. The highest BCUT2D eigenvalue weighted by molar-refractivity contribution is 7.14. The molecule has 2 heterocycles. The van der Waals surface area contributed by atoms with Gasteiger partial charge in [-0.3, -0.25) is 5.32 Å². The third-order valence-electron chi connectivity index (χ3n) is 3.59. The molecule has 0 radical (unpaired) electrons. The summed E-state index contributed by atoms with van der Waals surface area (Å²) in [5, 5.41) is 9.28. The molecule has 2 aromatic rings. The molecule has 1 aromatic heterocycles. The van der Waals surface area contributed by atoms with Gasteiger partial charge >= 0.3 is 5.97 Å². The Morgan fingerprint density at radius 2 is 2.00 bits per heavy atom. The summed E-state index contributed by atoms with van der Waals surface area (Å²) in [5.41, 5.74) is 1.74. The van der Waals surface area contributed by atoms with Crippen LogP contribution in [0.1, 0.15) is 17.2 Å². The number of fused-ring (bicyclic) bond motifs is 1. The van der Waals surface area contributed by atoms with E-state index in [4.69, 9.17) is 14.2 Å². The second-order valence-electron chi connectivity index (χ2n) is 5.02. The average Bonchev–Trinajstić information content (AvgIpc) is 3.07. The molecule has 122 valence electrons. The molecule has 0 fully saturated rings. The molecule has 1 atom stereocenters. The minimum atomic E-state index is -0.440. The molecule has 0 aliphatic carbocycles. The van der Waals surface area contributed by atoms with E-state index in [0.717, 1.165) is 16.1 Å². The van der Waals surface area contributed by atoms with E-state index >= 15 is 0 Å². The van der Waals surface area contributed by atoms with E-state index in [2.05, 4.69) is 10.6 Å². The first-order valence-corrected chi connectivity index (χ1v) is 8.02. The Morgan fingerprint density at radius 1 is 1.26 bits per heavy atom. The molecule has 0 saturated heterocycles. The van der Waals surface area contributed by atoms with E-state index in [-0.39, 0.29) is 12.6 Å². The number of carbonyl (C=O) groups is 1. The molecule has 23 heavy (non-hydrogen) atoms. The Morgan fingerprint density at radius 3 is 2.70 bits per heavy atom. The number of esters is 1. The van der Waals surface area contributed by atoms with Crippen molar-refractivity contribution in [3.8, 4) is 11.5 Å². The average molecular weight is 334 g/mol. The lowest BCUT2D eigenvalue weighted by Gasteiger charge is -2.23. The highest BCUT2D eigenvalue weighted by Gasteiger charge is 2.28. The molecule has 7 heteroatoms. The number of carbonyl (C=O) groups excluding carboxylic acids is 1. The molecule has 0 bridgehead atoms. The van der Waals surface area contributed by atoms with E-state index in [9.17, 15) is 4.79 Å². The van der Waals surface area contributed by atoms with Crippen molar-refractivity contribution in [1.82, 2.24) is 5.32 Å². The van der Waals surface area contributed by atoms with Gasteiger partial charge in [0.25, 0.3) is 0 Å². The fourth-order valence-corrected chi connectivity index (χ4v) is 3.26. The number of hydrogen-bond donors (Lipinski definition) is 2. The minimum absolute atomic E-state index is 0.164. The monoisotopic (exact) mass is 334 g/mol. The zero-order chi connectivity index (χ0) is 16.2. The fourth-order valence-electron chi connectivity index (χ4n) is 2.43. The van der Waals surface area contributed by atoms with Crippen molar-refractivity contribution in [3.05, 3.63) is 40.8 Å². The van der Waals surface area contributed by atoms with E-state index in [1.165, 1.54) is 0 Å². The number of nitrogens with one attached hydrogen (secondary N) is 2. The van der Waals surface area contributed by atoms with E-state index in [1.54, 1.807) is 31.6 Å². The second-order valence-corrected chi connectivity index (χ2v) is 5.94. The Bertz CT molecular complexity index is 679. The SMILES string of the molecule is COc1cc(COC(=O)C2NCNc3sccc32)cc(OC)c1. The van der Waals surface area contributed by atoms with E-state index in [1.807, 2.05) is 23.6 Å². The summed E-state index contributed by atoms with van der Waals surface area (Å²) in [4.78, 5) is 12.4. The van der Waals surface area contributed by atoms with Crippen LogP contribution in [0.15, 0.2) is 29.6 Å². The predicted molar refractivity (Wildman–Crippen MR) is 88.0 cm³/mol. The van der Waals surface area contributed by atoms with Gasteiger partial charge in [0.15, 0.2) is 0 Å². The van der Waals surface area contributed by atoms with Crippen LogP contribution in [0.25, 0.3) is 0 Å². The molecule has 1 unspecified atom stereocenters. The molecular formula is C16H18N2O4S. The van der Waals surface area contributed by atoms with Crippen molar-refractivity contribution in [3.63, 3.8) is 0 Å². The summed E-state index contributed by atoms with van der Waals surface area (Å²) in [7, 11) is 3.17. The van der Waals surface area contributed by atoms with Crippen molar-refractivity contribution in [2.45, 2.75) is 12.6 Å². The molecule has 2 N–H and O–H groups in total. The van der Waals surface area contributed by atoms with Crippen LogP contribution in [0.2, 0.25) is 0 Å². The van der Waals surface area contributed by atoms with Gasteiger partial charge in [0.1, 0.15) is 24.1 Å². The molecule has 1 aromatic carbocycles. The smallest absolute Gasteiger partial charge is 0.328 e. The predicted octanol–water partition coefficient (Wildman–Crippen LogP) is 2.52. The van der Waals surface area contributed by atoms with Gasteiger partial charge in [0.05, 0.1) is 25.9 Å². The lowest BCUT2D eigenvalue weighted by molar-refractivity contribution is -0.147. The number of benzene rings is 1. The quantitative estimate of drug-likeness (QED) is 0.819. The first-order chi connectivity index (χ1) is 11.2. The van der Waals surface area contributed by atoms with Gasteiger partial charge in [-0.25, -0.2) is 4.79 Å². The zero-order valence-corrected chi connectivity index (χ0v) is 13.7. The maximum absolute atomic E-state index is 12.4. The normalized spacial score (nSPS) is 16.2. The highest BCUT2D eigenvalue weighted by Crippen LogP contribution is 2.32. The van der Waals surface area contributed by atoms with Crippen LogP contribution in [0.4, 0.5) is 5.00 Å². The standard InChI is InChI=1S/C16H18N2O4S/c1-20-11-5-10(6-12(7-11)21-2)8-22-16(19)14-13-3-4-23-15(13)18-9-17-14/h3-7,14,17-18H,8-9H2,1-2H3. The molecule has 6 nitrogen and oxygen atoms in total. The van der Waals surface area contributed by atoms with Crippen LogP contribution in [0, 0.1) is 0 Å². The lowest BCUT2D eigenvalue weighted by Crippen LogP contribution is -2.37. The summed E-state index contributed by atoms with van der Waals surface area (Å²) >= 11 is 1.58. The number of hydrogen-bond acceptors (Lipinski definition) is 7. The van der Waals surface area contributed by atoms with Crippen molar-refractivity contribution in [2.24, 2.45) is 0 Å². The highest BCUT2D eigenvalue weighted by atomic mass is 32.1. The second kappa shape index (κ2) is 6.89. The van der Waals surface area contributed by atoms with Crippen LogP contribution >= 0.6 is 11.3 Å². The summed E-state index contributed by atoms with van der Waals surface area (Å²) in [5.74, 6) is 1.03. The van der Waals surface area contributed by atoms with Crippen molar-refractivity contribution in [2.75, 3.05) is 26.2 Å². The molecule has 1 aliphatic rings. The van der Waals surface area contributed by atoms with Gasteiger partial charge in [-0.15, -0.1) is 11.3 Å². The van der Waals surface area contributed by atoms with Gasteiger partial charge in [-0.2, -0.15) is 0 Å². The van der Waals surface area contributed by atoms with Gasteiger partial charge < -0.3 is 19.5 Å². The van der Waals surface area contributed by atoms with E-state index in [0.29, 0.717) is 18.2 Å². The molecule has 1 aliphatic heterocycles. The minimum Gasteiger partial charge on any atom is -0.497 e. The van der Waals surface area contributed by atoms with Crippen LogP contribution < -0.4 is 20.1 Å². The number of methoxy groups -OCH3 is 2. The number of ether oxygens (including phenoxy) is 3. The van der Waals surface area contributed by atoms with Crippen molar-refractivity contribution < 1.29 is 19.0 Å². The van der Waals surface area contributed by atoms with Crippen molar-refractivity contribution >= 4 is 22.3 Å². The van der Waals surface area contributed by atoms with E-state index < -0.39 is 6.04 Å². The Labute approximate surface area is 138 Å². The third-order valence-corrected chi connectivity index (χ3v) is 4.48. The molecular weight excluding hydrogens is 316 g/mol. The molecule has 0 saturated carbocycles. The topological polar surface area (TPSA) is 68.8 Å². The molecule has 0 amide bonds. The Hall–Kier alpha value is -2.25. The Kier molecular flexibility index (Phi) is 4.68. The van der Waals surface area contributed by atoms with Gasteiger partial charge in [-0.1, -0.05) is 0 Å². The number of anilines is 1. The zero-order valence-electron chi connectivity index (χ0n) is 12.9. The van der Waals surface area contributed by atoms with Gasteiger partial charge in [0.2, 0.25) is 0 Å². The Balaban J connectivity index is 1.68. The fraction of sp³-hybridized carbons (Fsp3) is 0.312. The largest absolute Gasteiger partial charge is 0.497 e. The summed E-state index contributed by atoms with van der Waals surface area (Å²) in [6.07, 6.45) is 0. The van der Waals surface area contributed by atoms with Crippen LogP contribution in [-0.2, 0) is 16.1 Å². The van der Waals surface area contributed by atoms with Crippen LogP contribution in [0.5, 0.6) is 11.5 Å². The van der Waals surface area contributed by atoms with Gasteiger partial charge in [-0.05, 0) is 29.1 Å². The number of rotatable bonds is 5. The van der Waals surface area contributed by atoms with Crippen molar-refractivity contribution in [1.29, 1.82) is 0 Å². The number of thiophene rings is 1. The third kappa shape index (κ3) is 3.40. The first-order valence-electron chi connectivity index (χ1n) is 7.14. The summed E-state index contributed by atoms with van der Waals surface area (Å²) in [6, 6.07) is 6.91. The first kappa shape index (κ1) is 15.6.